The van der Waals surface area contributed by atoms with Crippen LogP contribution in [0.1, 0.15) is 32.1 Å². The van der Waals surface area contributed by atoms with E-state index in [1.54, 1.807) is 0 Å². The van der Waals surface area contributed by atoms with Crippen molar-refractivity contribution in [3.05, 3.63) is 0 Å². The Morgan fingerprint density at radius 2 is 1.92 bits per heavy atom. The van der Waals surface area contributed by atoms with Crippen molar-refractivity contribution in [2.45, 2.75) is 38.1 Å². The fraction of sp³-hybridized carbons (Fsp3) is 0.875. The van der Waals surface area contributed by atoms with Crippen LogP contribution in [0.3, 0.4) is 0 Å². The topological polar surface area (TPSA) is 49.3 Å². The Labute approximate surface area is 116 Å². The Morgan fingerprint density at radius 1 is 1.33 bits per heavy atom. The molecule has 1 aliphatic carbocycles. The summed E-state index contributed by atoms with van der Waals surface area (Å²) in [5.41, 5.74) is 0. The van der Waals surface area contributed by atoms with Crippen molar-refractivity contribution in [2.24, 2.45) is 0 Å². The molecule has 1 fully saturated rings. The van der Waals surface area contributed by atoms with Gasteiger partial charge in [0.15, 0.2) is 0 Å². The van der Waals surface area contributed by atoms with E-state index < -0.39 is 5.97 Å². The van der Waals surface area contributed by atoms with Crippen LogP contribution in [0.2, 0.25) is 0 Å². The first-order valence-corrected chi connectivity index (χ1v) is 4.24. The van der Waals surface area contributed by atoms with Crippen molar-refractivity contribution < 1.29 is 9.90 Å². The van der Waals surface area contributed by atoms with Gasteiger partial charge in [-0.25, -0.2) is 0 Å². The van der Waals surface area contributed by atoms with Gasteiger partial charge in [0.25, 0.3) is 0 Å². The number of carbonyl (C=O) groups is 1. The van der Waals surface area contributed by atoms with Crippen LogP contribution in [0.4, 0.5) is 0 Å². The fourth-order valence-electron chi connectivity index (χ4n) is 1.54. The molecule has 0 atom stereocenters. The van der Waals surface area contributed by atoms with Gasteiger partial charge in [-0.05, 0) is 12.8 Å². The van der Waals surface area contributed by atoms with Gasteiger partial charge in [0.05, 0.1) is 6.54 Å². The Balaban J connectivity index is 0.00000121. The second-order valence-electron chi connectivity index (χ2n) is 3.11. The molecule has 1 saturated carbocycles. The third-order valence-electron chi connectivity index (χ3n) is 2.15. The number of rotatable bonds is 3. The Bertz CT molecular complexity index is 135. The number of carboxylic acid groups (broad SMARTS) is 1. The Hall–Kier alpha value is 1.07. The van der Waals surface area contributed by atoms with E-state index in [4.69, 9.17) is 5.11 Å². The number of hydrogen-bond donors (Lipinski definition) is 2. The summed E-state index contributed by atoms with van der Waals surface area (Å²) in [4.78, 5) is 10.2. The van der Waals surface area contributed by atoms with Gasteiger partial charge in [-0.15, -0.1) is 0 Å². The molecule has 0 aromatic heterocycles. The number of carboxylic acids is 1. The van der Waals surface area contributed by atoms with Gasteiger partial charge in [0.2, 0.25) is 0 Å². The molecule has 4 heteroatoms. The van der Waals surface area contributed by atoms with Gasteiger partial charge in [0.1, 0.15) is 0 Å². The monoisotopic (exact) mass is 197 g/mol. The van der Waals surface area contributed by atoms with Crippen LogP contribution in [0, 0.1) is 0 Å². The van der Waals surface area contributed by atoms with Crippen molar-refractivity contribution in [1.82, 2.24) is 5.32 Å². The first-order valence-electron chi connectivity index (χ1n) is 4.24. The molecule has 0 bridgehead atoms. The van der Waals surface area contributed by atoms with Crippen LogP contribution < -0.4 is 5.32 Å². The van der Waals surface area contributed by atoms with Crippen molar-refractivity contribution in [3.8, 4) is 0 Å². The van der Waals surface area contributed by atoms with E-state index in [1.165, 1.54) is 19.3 Å². The minimum absolute atomic E-state index is 0. The summed E-state index contributed by atoms with van der Waals surface area (Å²) in [7, 11) is 0. The molecule has 2 N–H and O–H groups in total. The Morgan fingerprint density at radius 3 is 2.42 bits per heavy atom. The maximum atomic E-state index is 10.2. The van der Waals surface area contributed by atoms with Crippen LogP contribution >= 0.6 is 0 Å². The number of nitrogens with one attached hydrogen (secondary N) is 1. The van der Waals surface area contributed by atoms with Crippen molar-refractivity contribution in [2.75, 3.05) is 6.54 Å². The summed E-state index contributed by atoms with van der Waals surface area (Å²) in [6.07, 6.45) is 6.10. The van der Waals surface area contributed by atoms with Crippen LogP contribution in [0.25, 0.3) is 0 Å². The molecule has 0 radical (unpaired) electrons. The van der Waals surface area contributed by atoms with Gasteiger partial charge in [-0.1, -0.05) is 19.3 Å². The van der Waals surface area contributed by atoms with Crippen LogP contribution in [-0.2, 0) is 4.79 Å². The zero-order valence-electron chi connectivity index (χ0n) is 6.68. The fourth-order valence-corrected chi connectivity index (χ4v) is 1.54. The average molecular weight is 197 g/mol. The van der Waals surface area contributed by atoms with Crippen molar-refractivity contribution >= 4 is 57.4 Å². The van der Waals surface area contributed by atoms with Crippen LogP contribution in [0.5, 0.6) is 0 Å². The molecule has 3 nitrogen and oxygen atoms in total. The third-order valence-corrected chi connectivity index (χ3v) is 2.15. The van der Waals surface area contributed by atoms with Gasteiger partial charge < -0.3 is 10.4 Å². The van der Waals surface area contributed by atoms with Crippen LogP contribution in [0.15, 0.2) is 0 Å². The molecule has 0 aliphatic heterocycles. The van der Waals surface area contributed by atoms with Gasteiger partial charge in [0, 0.05) is 6.04 Å². The van der Waals surface area contributed by atoms with E-state index in [1.807, 2.05) is 0 Å². The second-order valence-corrected chi connectivity index (χ2v) is 3.11. The van der Waals surface area contributed by atoms with E-state index in [9.17, 15) is 4.79 Å². The number of hydrogen-bond acceptors (Lipinski definition) is 2. The summed E-state index contributed by atoms with van der Waals surface area (Å²) < 4.78 is 0. The van der Waals surface area contributed by atoms with Gasteiger partial charge in [-0.2, -0.15) is 0 Å². The number of aliphatic carboxylic acids is 1. The zero-order valence-corrected chi connectivity index (χ0v) is 6.68. The predicted octanol–water partition coefficient (Wildman–Crippen LogP) is 0.345. The molecular weight excluding hydrogens is 181 g/mol. The van der Waals surface area contributed by atoms with Gasteiger partial charge >= 0.3 is 57.4 Å². The van der Waals surface area contributed by atoms with E-state index in [0.717, 1.165) is 12.8 Å². The standard InChI is InChI=1S/C8H15NO2.K.H/c10-8(11)6-9-7-4-2-1-3-5-7;;/h7,9H,1-6H2,(H,10,11);;. The quantitative estimate of drug-likeness (QED) is 0.642. The summed E-state index contributed by atoms with van der Waals surface area (Å²) >= 11 is 0. The molecule has 66 valence electrons. The van der Waals surface area contributed by atoms with Crippen molar-refractivity contribution in [3.63, 3.8) is 0 Å². The molecule has 1 rings (SSSR count). The summed E-state index contributed by atoms with van der Waals surface area (Å²) in [5, 5.41) is 11.4. The minimum atomic E-state index is -0.754. The summed E-state index contributed by atoms with van der Waals surface area (Å²) in [6.45, 7) is 0.116. The van der Waals surface area contributed by atoms with E-state index in [0.29, 0.717) is 6.04 Å². The van der Waals surface area contributed by atoms with E-state index in [2.05, 4.69) is 5.32 Å². The molecule has 0 saturated heterocycles. The maximum absolute atomic E-state index is 10.2. The molecule has 0 unspecified atom stereocenters. The van der Waals surface area contributed by atoms with Crippen LogP contribution in [-0.4, -0.2) is 75.0 Å². The van der Waals surface area contributed by atoms with E-state index >= 15 is 0 Å². The predicted molar refractivity (Wildman–Crippen MR) is 49.7 cm³/mol. The molecule has 0 heterocycles. The summed E-state index contributed by atoms with van der Waals surface area (Å²) in [5.74, 6) is -0.754. The zero-order chi connectivity index (χ0) is 8.10. The Kier molecular flexibility index (Phi) is 8.13. The molecular formula is C8H16KNO2. The molecule has 1 aliphatic rings. The average Bonchev–Trinajstić information content (AvgIpc) is 2.03. The molecule has 0 aromatic carbocycles. The first kappa shape index (κ1) is 13.1. The molecule has 0 aromatic rings. The molecule has 0 amide bonds. The summed E-state index contributed by atoms with van der Waals surface area (Å²) in [6, 6.07) is 0.458. The van der Waals surface area contributed by atoms with Crippen molar-refractivity contribution in [1.29, 1.82) is 0 Å². The first-order chi connectivity index (χ1) is 5.29. The normalized spacial score (nSPS) is 18.3. The third kappa shape index (κ3) is 5.67. The molecule has 12 heavy (non-hydrogen) atoms. The SMILES string of the molecule is O=C(O)CNC1CCCCC1.[KH]. The van der Waals surface area contributed by atoms with E-state index in [-0.39, 0.29) is 57.9 Å². The molecule has 0 spiro atoms. The second kappa shape index (κ2) is 7.47. The van der Waals surface area contributed by atoms with Gasteiger partial charge in [-0.3, -0.25) is 4.79 Å².